The van der Waals surface area contributed by atoms with Gasteiger partial charge in [0.05, 0.1) is 18.2 Å². The van der Waals surface area contributed by atoms with E-state index in [-0.39, 0.29) is 5.75 Å². The Morgan fingerprint density at radius 3 is 2.68 bits per heavy atom. The number of halogens is 1. The molecule has 2 aromatic carbocycles. The Bertz CT molecular complexity index is 1030. The highest BCUT2D eigenvalue weighted by atomic mass is 19.1. The van der Waals surface area contributed by atoms with Gasteiger partial charge in [-0.05, 0) is 30.3 Å². The van der Waals surface area contributed by atoms with Gasteiger partial charge in [0.2, 0.25) is 0 Å². The van der Waals surface area contributed by atoms with Crippen LogP contribution in [0.2, 0.25) is 0 Å². The Hall–Kier alpha value is -3.41. The highest BCUT2D eigenvalue weighted by molar-refractivity contribution is 5.90. The Morgan fingerprint density at radius 2 is 1.88 bits per heavy atom. The lowest BCUT2D eigenvalue weighted by Crippen LogP contribution is -1.94. The van der Waals surface area contributed by atoms with E-state index in [4.69, 9.17) is 4.74 Å². The summed E-state index contributed by atoms with van der Waals surface area (Å²) in [7, 11) is 1.44. The van der Waals surface area contributed by atoms with Gasteiger partial charge in [-0.25, -0.2) is 14.4 Å². The first kappa shape index (κ1) is 15.1. The van der Waals surface area contributed by atoms with E-state index < -0.39 is 5.82 Å². The molecule has 0 spiro atoms. The van der Waals surface area contributed by atoms with Gasteiger partial charge < -0.3 is 15.0 Å². The van der Waals surface area contributed by atoms with Gasteiger partial charge in [0.15, 0.2) is 17.4 Å². The van der Waals surface area contributed by atoms with E-state index in [0.717, 1.165) is 11.2 Å². The van der Waals surface area contributed by atoms with Crippen LogP contribution in [0, 0.1) is 5.82 Å². The molecule has 0 amide bonds. The number of anilines is 2. The van der Waals surface area contributed by atoms with Crippen LogP contribution in [0.25, 0.3) is 22.4 Å². The number of benzene rings is 2. The lowest BCUT2D eigenvalue weighted by Gasteiger charge is -2.05. The van der Waals surface area contributed by atoms with Gasteiger partial charge in [0.25, 0.3) is 0 Å². The first-order chi connectivity index (χ1) is 12.3. The summed E-state index contributed by atoms with van der Waals surface area (Å²) < 4.78 is 19.6. The van der Waals surface area contributed by atoms with E-state index in [0.29, 0.717) is 22.7 Å². The number of H-pyrrole nitrogens is 1. The predicted octanol–water partition coefficient (Wildman–Crippen LogP) is 4.52. The Labute approximate surface area is 143 Å². The molecule has 4 aromatic rings. The van der Waals surface area contributed by atoms with Gasteiger partial charge >= 0.3 is 0 Å². The molecule has 0 aliphatic carbocycles. The van der Waals surface area contributed by atoms with Gasteiger partial charge in [-0.2, -0.15) is 0 Å². The fraction of sp³-hybridized carbons (Fsp3) is 0.0526. The van der Waals surface area contributed by atoms with Crippen LogP contribution in [0.1, 0.15) is 0 Å². The molecule has 0 saturated heterocycles. The van der Waals surface area contributed by atoms with Crippen LogP contribution in [-0.2, 0) is 0 Å². The second kappa shape index (κ2) is 6.24. The van der Waals surface area contributed by atoms with Crippen molar-refractivity contribution in [2.75, 3.05) is 12.4 Å². The number of aromatic nitrogens is 3. The van der Waals surface area contributed by atoms with Gasteiger partial charge in [-0.3, -0.25) is 0 Å². The normalized spacial score (nSPS) is 10.8. The van der Waals surface area contributed by atoms with Crippen LogP contribution >= 0.6 is 0 Å². The highest BCUT2D eigenvalue weighted by Gasteiger charge is 2.15. The van der Waals surface area contributed by atoms with Crippen LogP contribution in [0.15, 0.2) is 60.8 Å². The Kier molecular flexibility index (Phi) is 3.78. The van der Waals surface area contributed by atoms with Crippen molar-refractivity contribution in [3.05, 3.63) is 66.6 Å². The number of ether oxygens (including phenoxy) is 1. The quantitative estimate of drug-likeness (QED) is 0.576. The fourth-order valence-electron chi connectivity index (χ4n) is 2.66. The van der Waals surface area contributed by atoms with Gasteiger partial charge in [0.1, 0.15) is 11.3 Å². The summed E-state index contributed by atoms with van der Waals surface area (Å²) in [5.74, 6) is 0.762. The summed E-state index contributed by atoms with van der Waals surface area (Å²) in [6, 6.07) is 16.5. The number of imidazole rings is 1. The number of aromatic amines is 1. The molecule has 2 heterocycles. The van der Waals surface area contributed by atoms with Crippen molar-refractivity contribution in [1.82, 2.24) is 15.0 Å². The summed E-state index contributed by atoms with van der Waals surface area (Å²) in [4.78, 5) is 12.0. The third-order valence-corrected chi connectivity index (χ3v) is 3.88. The average molecular weight is 334 g/mol. The zero-order valence-electron chi connectivity index (χ0n) is 13.5. The van der Waals surface area contributed by atoms with Crippen LogP contribution in [0.4, 0.5) is 15.9 Å². The molecular formula is C19H15FN4O. The molecule has 0 unspecified atom stereocenters. The maximum absolute atomic E-state index is 14.5. The number of rotatable bonds is 4. The molecule has 2 N–H and O–H groups in total. The summed E-state index contributed by atoms with van der Waals surface area (Å²) in [5, 5.41) is 3.24. The van der Waals surface area contributed by atoms with Crippen LogP contribution in [-0.4, -0.2) is 22.1 Å². The largest absolute Gasteiger partial charge is 0.494 e. The second-order valence-electron chi connectivity index (χ2n) is 5.45. The maximum atomic E-state index is 14.5. The van der Waals surface area contributed by atoms with Crippen LogP contribution in [0.5, 0.6) is 5.75 Å². The van der Waals surface area contributed by atoms with E-state index in [1.54, 1.807) is 30.5 Å². The molecule has 0 radical (unpaired) electrons. The standard InChI is InChI=1S/C19H15FN4O/c1-25-15-9-5-8-13(16(15)20)18-23-14-10-11-21-19(17(14)24-18)22-12-6-3-2-4-7-12/h2-11H,1H3,(H,21,22)(H,23,24). The lowest BCUT2D eigenvalue weighted by atomic mass is 10.2. The summed E-state index contributed by atoms with van der Waals surface area (Å²) in [5.41, 5.74) is 2.66. The number of nitrogens with one attached hydrogen (secondary N) is 2. The SMILES string of the molecule is COc1cccc(-c2nc3c(Nc4ccccc4)nccc3[nH]2)c1F. The van der Waals surface area contributed by atoms with Crippen molar-refractivity contribution in [2.45, 2.75) is 0 Å². The lowest BCUT2D eigenvalue weighted by molar-refractivity contribution is 0.387. The molecule has 124 valence electrons. The topological polar surface area (TPSA) is 62.8 Å². The molecule has 6 heteroatoms. The number of fused-ring (bicyclic) bond motifs is 1. The number of nitrogens with zero attached hydrogens (tertiary/aromatic N) is 2. The third-order valence-electron chi connectivity index (χ3n) is 3.88. The monoisotopic (exact) mass is 334 g/mol. The number of hydrogen-bond donors (Lipinski definition) is 2. The molecule has 5 nitrogen and oxygen atoms in total. The van der Waals surface area contributed by atoms with Gasteiger partial charge in [-0.1, -0.05) is 24.3 Å². The van der Waals surface area contributed by atoms with Crippen molar-refractivity contribution in [1.29, 1.82) is 0 Å². The molecule has 4 rings (SSSR count). The smallest absolute Gasteiger partial charge is 0.175 e. The molecule has 0 fully saturated rings. The average Bonchev–Trinajstić information content (AvgIpc) is 3.08. The first-order valence-electron chi connectivity index (χ1n) is 7.76. The van der Waals surface area contributed by atoms with Crippen molar-refractivity contribution < 1.29 is 9.13 Å². The number of pyridine rings is 1. The van der Waals surface area contributed by atoms with Gasteiger partial charge in [0, 0.05) is 11.9 Å². The van der Waals surface area contributed by atoms with E-state index in [2.05, 4.69) is 20.3 Å². The molecule has 2 aromatic heterocycles. The maximum Gasteiger partial charge on any atom is 0.175 e. The predicted molar refractivity (Wildman–Crippen MR) is 95.6 cm³/mol. The van der Waals surface area contributed by atoms with Crippen molar-refractivity contribution in [2.24, 2.45) is 0 Å². The summed E-state index contributed by atoms with van der Waals surface area (Å²) >= 11 is 0. The third kappa shape index (κ3) is 2.78. The number of para-hydroxylation sites is 1. The Morgan fingerprint density at radius 1 is 1.04 bits per heavy atom. The van der Waals surface area contributed by atoms with Crippen molar-refractivity contribution >= 4 is 22.5 Å². The van der Waals surface area contributed by atoms with Gasteiger partial charge in [-0.15, -0.1) is 0 Å². The van der Waals surface area contributed by atoms with E-state index in [1.165, 1.54) is 7.11 Å². The van der Waals surface area contributed by atoms with E-state index >= 15 is 0 Å². The first-order valence-corrected chi connectivity index (χ1v) is 7.76. The molecule has 25 heavy (non-hydrogen) atoms. The highest BCUT2D eigenvalue weighted by Crippen LogP contribution is 2.30. The molecular weight excluding hydrogens is 319 g/mol. The van der Waals surface area contributed by atoms with Crippen molar-refractivity contribution in [3.8, 4) is 17.1 Å². The summed E-state index contributed by atoms with van der Waals surface area (Å²) in [6.07, 6.45) is 1.68. The number of methoxy groups -OCH3 is 1. The van der Waals surface area contributed by atoms with Crippen LogP contribution < -0.4 is 10.1 Å². The van der Waals surface area contributed by atoms with E-state index in [9.17, 15) is 4.39 Å². The Balaban J connectivity index is 1.80. The van der Waals surface area contributed by atoms with Crippen molar-refractivity contribution in [3.63, 3.8) is 0 Å². The molecule has 0 bridgehead atoms. The molecule has 0 saturated carbocycles. The van der Waals surface area contributed by atoms with Crippen LogP contribution in [0.3, 0.4) is 0 Å². The second-order valence-corrected chi connectivity index (χ2v) is 5.45. The zero-order valence-corrected chi connectivity index (χ0v) is 13.5. The fourth-order valence-corrected chi connectivity index (χ4v) is 2.66. The minimum absolute atomic E-state index is 0.179. The number of hydrogen-bond acceptors (Lipinski definition) is 4. The van der Waals surface area contributed by atoms with E-state index in [1.807, 2.05) is 30.3 Å². The molecule has 0 aliphatic heterocycles. The minimum atomic E-state index is -0.449. The minimum Gasteiger partial charge on any atom is -0.494 e. The summed E-state index contributed by atoms with van der Waals surface area (Å²) in [6.45, 7) is 0. The molecule has 0 aliphatic rings. The zero-order chi connectivity index (χ0) is 17.2. The molecule has 0 atom stereocenters.